The Labute approximate surface area is 65.2 Å². The summed E-state index contributed by atoms with van der Waals surface area (Å²) in [6.07, 6.45) is 0. The minimum Gasteiger partial charge on any atom is -0.397 e. The van der Waals surface area contributed by atoms with E-state index in [2.05, 4.69) is 0 Å². The Bertz CT molecular complexity index is 373. The Balaban J connectivity index is 2.78. The average Bonchev–Trinajstić information content (AvgIpc) is 2.58. The van der Waals surface area contributed by atoms with Crippen molar-refractivity contribution in [3.63, 3.8) is 0 Å². The molecule has 0 bridgehead atoms. The third-order valence-corrected chi connectivity index (χ3v) is 3.81. The smallest absolute Gasteiger partial charge is 0.135 e. The van der Waals surface area contributed by atoms with Crippen LogP contribution in [0.1, 0.15) is 5.56 Å². The van der Waals surface area contributed by atoms with E-state index in [-0.39, 0.29) is 0 Å². The molecular formula is C7H9N2OP. The number of aryl methyl sites for hydroxylation is 1. The Morgan fingerprint density at radius 1 is 1.36 bits per heavy atom. The monoisotopic (exact) mass is 168 g/mol. The highest BCUT2D eigenvalue weighted by Gasteiger charge is 2.33. The zero-order valence-corrected chi connectivity index (χ0v) is 7.14. The van der Waals surface area contributed by atoms with Crippen LogP contribution >= 0.6 is 7.80 Å². The number of nitrogen functional groups attached to an aromatic ring is 2. The van der Waals surface area contributed by atoms with Crippen LogP contribution in [-0.2, 0) is 4.57 Å². The fraction of sp³-hybridized carbons (Fsp3) is 0.143. The number of rotatable bonds is 0. The molecule has 0 saturated heterocycles. The van der Waals surface area contributed by atoms with Gasteiger partial charge in [0.25, 0.3) is 0 Å². The van der Waals surface area contributed by atoms with Gasteiger partial charge in [-0.05, 0) is 18.6 Å². The van der Waals surface area contributed by atoms with Crippen molar-refractivity contribution in [2.45, 2.75) is 6.92 Å². The summed E-state index contributed by atoms with van der Waals surface area (Å²) in [4.78, 5) is 0. The summed E-state index contributed by atoms with van der Waals surface area (Å²) < 4.78 is 11.2. The van der Waals surface area contributed by atoms with Crippen LogP contribution in [0.3, 0.4) is 0 Å². The van der Waals surface area contributed by atoms with Gasteiger partial charge in [0.1, 0.15) is 7.80 Å². The van der Waals surface area contributed by atoms with Crippen molar-refractivity contribution < 1.29 is 4.57 Å². The van der Waals surface area contributed by atoms with E-state index >= 15 is 0 Å². The van der Waals surface area contributed by atoms with Crippen molar-refractivity contribution in [2.75, 3.05) is 11.5 Å². The van der Waals surface area contributed by atoms with E-state index in [1.807, 2.05) is 6.92 Å². The van der Waals surface area contributed by atoms with Gasteiger partial charge < -0.3 is 16.0 Å². The van der Waals surface area contributed by atoms with Gasteiger partial charge in [-0.25, -0.2) is 0 Å². The van der Waals surface area contributed by atoms with Crippen LogP contribution in [-0.4, -0.2) is 0 Å². The molecule has 0 aliphatic carbocycles. The maximum Gasteiger partial charge on any atom is 0.135 e. The molecule has 0 fully saturated rings. The van der Waals surface area contributed by atoms with Gasteiger partial charge >= 0.3 is 0 Å². The van der Waals surface area contributed by atoms with Crippen LogP contribution in [0.5, 0.6) is 0 Å². The molecule has 1 aromatic rings. The first-order chi connectivity index (χ1) is 5.13. The summed E-state index contributed by atoms with van der Waals surface area (Å²) in [5.41, 5.74) is 13.2. The Morgan fingerprint density at radius 3 is 2.64 bits per heavy atom. The number of hydrogen-bond donors (Lipinski definition) is 2. The highest BCUT2D eigenvalue weighted by molar-refractivity contribution is 7.74. The second-order valence-electron chi connectivity index (χ2n) is 2.78. The third-order valence-electron chi connectivity index (χ3n) is 1.99. The molecule has 1 heterocycles. The molecular weight excluding hydrogens is 159 g/mol. The summed E-state index contributed by atoms with van der Waals surface area (Å²) in [5.74, 6) is 0. The van der Waals surface area contributed by atoms with Gasteiger partial charge in [-0.1, -0.05) is 0 Å². The minimum absolute atomic E-state index is 0.523. The first kappa shape index (κ1) is 6.74. The highest BCUT2D eigenvalue weighted by Crippen LogP contribution is 2.39. The first-order valence-electron chi connectivity index (χ1n) is 3.36. The molecule has 3 nitrogen and oxygen atoms in total. The number of benzene rings is 1. The van der Waals surface area contributed by atoms with Crippen molar-refractivity contribution in [2.24, 2.45) is 0 Å². The molecule has 0 amide bonds. The summed E-state index contributed by atoms with van der Waals surface area (Å²) in [7, 11) is -1.62. The van der Waals surface area contributed by atoms with Gasteiger partial charge in [-0.2, -0.15) is 0 Å². The third kappa shape index (κ3) is 0.717. The maximum atomic E-state index is 11.2. The first-order valence-corrected chi connectivity index (χ1v) is 4.77. The zero-order valence-electron chi connectivity index (χ0n) is 6.14. The molecule has 1 aliphatic heterocycles. The lowest BCUT2D eigenvalue weighted by atomic mass is 10.2. The zero-order chi connectivity index (χ0) is 8.17. The van der Waals surface area contributed by atoms with Crippen LogP contribution in [0, 0.1) is 6.92 Å². The Morgan fingerprint density at radius 2 is 2.00 bits per heavy atom. The lowest BCUT2D eigenvalue weighted by Gasteiger charge is -1.96. The standard InChI is InChI=1S/C7H9N2OP/c1-3-2-4(8)5(9)7-6(3)11(7)10/h2,11H,8-9H2,1H3. The van der Waals surface area contributed by atoms with E-state index in [0.29, 0.717) is 11.4 Å². The lowest BCUT2D eigenvalue weighted by molar-refractivity contribution is 0.601. The van der Waals surface area contributed by atoms with Crippen molar-refractivity contribution in [1.82, 2.24) is 0 Å². The molecule has 58 valence electrons. The number of nitrogens with two attached hydrogens (primary N) is 2. The van der Waals surface area contributed by atoms with E-state index < -0.39 is 7.80 Å². The lowest BCUT2D eigenvalue weighted by Crippen LogP contribution is -2.06. The fourth-order valence-electron chi connectivity index (χ4n) is 1.33. The molecule has 1 unspecified atom stereocenters. The number of fused-ring (bicyclic) bond motifs is 1. The van der Waals surface area contributed by atoms with Gasteiger partial charge in [0.2, 0.25) is 0 Å². The Kier molecular flexibility index (Phi) is 1.10. The fourth-order valence-corrected chi connectivity index (χ4v) is 2.98. The molecule has 2 rings (SSSR count). The van der Waals surface area contributed by atoms with Gasteiger partial charge in [-0.3, -0.25) is 0 Å². The summed E-state index contributed by atoms with van der Waals surface area (Å²) in [5, 5.41) is 1.76. The molecule has 1 aromatic carbocycles. The Hall–Kier alpha value is -0.950. The van der Waals surface area contributed by atoms with Crippen LogP contribution in [0.2, 0.25) is 0 Å². The van der Waals surface area contributed by atoms with E-state index in [4.69, 9.17) is 11.5 Å². The predicted octanol–water partition coefficient (Wildman–Crippen LogP) is -0.0167. The van der Waals surface area contributed by atoms with Crippen molar-refractivity contribution >= 4 is 29.8 Å². The molecule has 1 aliphatic rings. The van der Waals surface area contributed by atoms with Crippen LogP contribution in [0.25, 0.3) is 0 Å². The van der Waals surface area contributed by atoms with Gasteiger partial charge in [0.05, 0.1) is 11.4 Å². The van der Waals surface area contributed by atoms with Gasteiger partial charge in [0, 0.05) is 10.6 Å². The van der Waals surface area contributed by atoms with Gasteiger partial charge in [-0.15, -0.1) is 0 Å². The topological polar surface area (TPSA) is 69.1 Å². The summed E-state index contributed by atoms with van der Waals surface area (Å²) in [6.45, 7) is 1.91. The maximum absolute atomic E-state index is 11.2. The molecule has 0 spiro atoms. The summed E-state index contributed by atoms with van der Waals surface area (Å²) in [6, 6.07) is 1.78. The SMILES string of the molecule is Cc1cc(N)c(N)c2c1[PH]2=O. The second kappa shape index (κ2) is 1.80. The quantitative estimate of drug-likeness (QED) is 0.429. The van der Waals surface area contributed by atoms with E-state index in [9.17, 15) is 4.57 Å². The number of anilines is 2. The van der Waals surface area contributed by atoms with Crippen LogP contribution in [0.4, 0.5) is 11.4 Å². The molecule has 0 saturated carbocycles. The highest BCUT2D eigenvalue weighted by atomic mass is 31.1. The van der Waals surface area contributed by atoms with Crippen molar-refractivity contribution in [3.05, 3.63) is 11.6 Å². The largest absolute Gasteiger partial charge is 0.397 e. The normalized spacial score (nSPS) is 19.5. The molecule has 4 heteroatoms. The molecule has 0 radical (unpaired) electrons. The molecule has 11 heavy (non-hydrogen) atoms. The van der Waals surface area contributed by atoms with Gasteiger partial charge in [0.15, 0.2) is 0 Å². The van der Waals surface area contributed by atoms with Crippen molar-refractivity contribution in [3.8, 4) is 0 Å². The molecule has 4 N–H and O–H groups in total. The average molecular weight is 168 g/mol. The van der Waals surface area contributed by atoms with Crippen LogP contribution in [0.15, 0.2) is 6.07 Å². The predicted molar refractivity (Wildman–Crippen MR) is 48.3 cm³/mol. The van der Waals surface area contributed by atoms with E-state index in [1.165, 1.54) is 0 Å². The van der Waals surface area contributed by atoms with E-state index in [0.717, 1.165) is 16.2 Å². The molecule has 0 aromatic heterocycles. The number of hydrogen-bond acceptors (Lipinski definition) is 3. The van der Waals surface area contributed by atoms with Crippen LogP contribution < -0.4 is 22.1 Å². The second-order valence-corrected chi connectivity index (χ2v) is 4.43. The minimum atomic E-state index is -1.62. The van der Waals surface area contributed by atoms with Crippen molar-refractivity contribution in [1.29, 1.82) is 0 Å². The van der Waals surface area contributed by atoms with E-state index in [1.54, 1.807) is 6.07 Å². The summed E-state index contributed by atoms with van der Waals surface area (Å²) >= 11 is 0. The molecule has 1 atom stereocenters.